The van der Waals surface area contributed by atoms with Gasteiger partial charge in [-0.2, -0.15) is 0 Å². The van der Waals surface area contributed by atoms with Gasteiger partial charge in [0.05, 0.1) is 0 Å². The van der Waals surface area contributed by atoms with E-state index >= 15 is 0 Å². The van der Waals surface area contributed by atoms with Gasteiger partial charge in [0.25, 0.3) is 10.0 Å². The predicted molar refractivity (Wildman–Crippen MR) is 94.2 cm³/mol. The Balaban J connectivity index is 1.65. The van der Waals surface area contributed by atoms with E-state index in [0.717, 1.165) is 23.6 Å². The van der Waals surface area contributed by atoms with E-state index in [1.807, 2.05) is 6.07 Å². The number of hydrogen-bond acceptors (Lipinski definition) is 6. The second-order valence-electron chi connectivity index (χ2n) is 6.49. The summed E-state index contributed by atoms with van der Waals surface area (Å²) in [6, 6.07) is 4.79. The number of ether oxygens (including phenoxy) is 1. The van der Waals surface area contributed by atoms with Gasteiger partial charge in [0.2, 0.25) is 5.09 Å². The number of esters is 1. The van der Waals surface area contributed by atoms with E-state index in [1.54, 1.807) is 0 Å². The van der Waals surface area contributed by atoms with E-state index in [9.17, 15) is 13.2 Å². The highest BCUT2D eigenvalue weighted by atomic mass is 32.2. The maximum absolute atomic E-state index is 12.2. The molecule has 25 heavy (non-hydrogen) atoms. The van der Waals surface area contributed by atoms with Crippen molar-refractivity contribution in [2.24, 2.45) is 5.92 Å². The molecule has 3 rings (SSSR count). The molecule has 8 heteroatoms. The maximum Gasteiger partial charge on any atom is 0.348 e. The van der Waals surface area contributed by atoms with Crippen LogP contribution >= 0.6 is 11.3 Å². The van der Waals surface area contributed by atoms with Gasteiger partial charge < -0.3 is 9.15 Å². The van der Waals surface area contributed by atoms with E-state index in [2.05, 4.69) is 6.92 Å². The third-order valence-electron chi connectivity index (χ3n) is 4.25. The molecule has 1 aliphatic rings. The van der Waals surface area contributed by atoms with Crippen LogP contribution in [-0.4, -0.2) is 32.8 Å². The number of fused-ring (bicyclic) bond motifs is 1. The molecule has 0 bridgehead atoms. The van der Waals surface area contributed by atoms with Gasteiger partial charge in [-0.25, -0.2) is 17.5 Å². The molecule has 6 nitrogen and oxygen atoms in total. The fourth-order valence-electron chi connectivity index (χ4n) is 2.77. The maximum atomic E-state index is 12.2. The van der Waals surface area contributed by atoms with Gasteiger partial charge in [-0.15, -0.1) is 11.3 Å². The Morgan fingerprint density at radius 2 is 2.16 bits per heavy atom. The Morgan fingerprint density at radius 1 is 1.40 bits per heavy atom. The van der Waals surface area contributed by atoms with Crippen molar-refractivity contribution in [3.05, 3.63) is 39.3 Å². The van der Waals surface area contributed by atoms with Crippen molar-refractivity contribution in [1.29, 1.82) is 0 Å². The number of thiophene rings is 1. The van der Waals surface area contributed by atoms with Crippen LogP contribution < -0.4 is 0 Å². The molecule has 0 fully saturated rings. The molecule has 0 saturated heterocycles. The zero-order valence-electron chi connectivity index (χ0n) is 14.4. The number of carbonyl (C=O) groups is 1. The number of nitrogens with zero attached hydrogens (tertiary/aromatic N) is 1. The quantitative estimate of drug-likeness (QED) is 0.742. The van der Waals surface area contributed by atoms with Crippen LogP contribution in [0.2, 0.25) is 0 Å². The van der Waals surface area contributed by atoms with Crippen molar-refractivity contribution in [2.45, 2.75) is 37.9 Å². The van der Waals surface area contributed by atoms with Crippen LogP contribution in [0, 0.1) is 5.92 Å². The molecule has 0 radical (unpaired) electrons. The lowest BCUT2D eigenvalue weighted by Crippen LogP contribution is -2.21. The zero-order valence-corrected chi connectivity index (χ0v) is 16.1. The Morgan fingerprint density at radius 3 is 2.88 bits per heavy atom. The van der Waals surface area contributed by atoms with E-state index in [0.29, 0.717) is 16.6 Å². The highest BCUT2D eigenvalue weighted by molar-refractivity contribution is 7.88. The van der Waals surface area contributed by atoms with E-state index in [4.69, 9.17) is 9.15 Å². The minimum atomic E-state index is -3.63. The minimum Gasteiger partial charge on any atom is -0.453 e. The molecule has 0 amide bonds. The monoisotopic (exact) mass is 383 g/mol. The Kier molecular flexibility index (Phi) is 5.04. The Labute approximate surface area is 151 Å². The number of furan rings is 1. The van der Waals surface area contributed by atoms with Crippen molar-refractivity contribution in [3.8, 4) is 0 Å². The standard InChI is InChI=1S/C17H21NO5S2/c1-11-4-6-14-12(8-11)9-15(24-14)17(19)22-10-13-5-7-16(23-13)25(20,21)18(2)3/h5,7,9,11H,4,6,8,10H2,1-3H3. The van der Waals surface area contributed by atoms with Gasteiger partial charge >= 0.3 is 5.97 Å². The summed E-state index contributed by atoms with van der Waals surface area (Å²) in [4.78, 5) is 14.1. The average Bonchev–Trinajstić information content (AvgIpc) is 3.19. The van der Waals surface area contributed by atoms with Crippen molar-refractivity contribution >= 4 is 27.3 Å². The molecule has 2 aromatic heterocycles. The minimum absolute atomic E-state index is 0.0965. The number of sulfonamides is 1. The molecule has 0 aliphatic heterocycles. The van der Waals surface area contributed by atoms with Crippen LogP contribution in [0.3, 0.4) is 0 Å². The molecule has 0 aromatic carbocycles. The third kappa shape index (κ3) is 3.80. The first-order valence-electron chi connectivity index (χ1n) is 8.07. The molecule has 0 N–H and O–H groups in total. The lowest BCUT2D eigenvalue weighted by molar-refractivity contribution is 0.0446. The Bertz CT molecular complexity index is 879. The van der Waals surface area contributed by atoms with Crippen molar-refractivity contribution < 1.29 is 22.4 Å². The molecule has 136 valence electrons. The molecule has 2 aromatic rings. The molecule has 0 spiro atoms. The first-order valence-corrected chi connectivity index (χ1v) is 10.3. The summed E-state index contributed by atoms with van der Waals surface area (Å²) >= 11 is 1.49. The summed E-state index contributed by atoms with van der Waals surface area (Å²) in [5.41, 5.74) is 1.24. The van der Waals surface area contributed by atoms with Crippen LogP contribution in [0.1, 0.15) is 39.2 Å². The Hall–Kier alpha value is -1.64. The van der Waals surface area contributed by atoms with Crippen LogP contribution in [0.25, 0.3) is 0 Å². The molecule has 2 heterocycles. The molecular weight excluding hydrogens is 362 g/mol. The largest absolute Gasteiger partial charge is 0.453 e. The molecule has 1 aliphatic carbocycles. The SMILES string of the molecule is CC1CCc2sc(C(=O)OCc3ccc(S(=O)(=O)N(C)C)o3)cc2C1. The second-order valence-corrected chi connectivity index (χ2v) is 9.71. The topological polar surface area (TPSA) is 76.8 Å². The summed E-state index contributed by atoms with van der Waals surface area (Å²) in [6.45, 7) is 2.12. The second kappa shape index (κ2) is 6.93. The van der Waals surface area contributed by atoms with Crippen LogP contribution in [0.15, 0.2) is 27.7 Å². The summed E-state index contributed by atoms with van der Waals surface area (Å²) in [6.07, 6.45) is 3.17. The molecular formula is C17H21NO5S2. The lowest BCUT2D eigenvalue weighted by Gasteiger charge is -2.16. The number of aryl methyl sites for hydroxylation is 1. The summed E-state index contributed by atoms with van der Waals surface area (Å²) < 4.78 is 35.6. The van der Waals surface area contributed by atoms with E-state index in [1.165, 1.54) is 48.0 Å². The van der Waals surface area contributed by atoms with Gasteiger partial charge in [0, 0.05) is 19.0 Å². The van der Waals surface area contributed by atoms with Crippen LogP contribution in [-0.2, 0) is 34.2 Å². The summed E-state index contributed by atoms with van der Waals surface area (Å²) in [7, 11) is -0.771. The highest BCUT2D eigenvalue weighted by Crippen LogP contribution is 2.32. The van der Waals surface area contributed by atoms with Crippen LogP contribution in [0.5, 0.6) is 0 Å². The van der Waals surface area contributed by atoms with Crippen LogP contribution in [0.4, 0.5) is 0 Å². The number of hydrogen-bond donors (Lipinski definition) is 0. The van der Waals surface area contributed by atoms with Gasteiger partial charge in [-0.3, -0.25) is 0 Å². The van der Waals surface area contributed by atoms with Gasteiger partial charge in [0.15, 0.2) is 0 Å². The first-order chi connectivity index (χ1) is 11.8. The van der Waals surface area contributed by atoms with E-state index < -0.39 is 16.0 Å². The fourth-order valence-corrected chi connectivity index (χ4v) is 4.68. The number of carbonyl (C=O) groups excluding carboxylic acids is 1. The third-order valence-corrected chi connectivity index (χ3v) is 7.15. The van der Waals surface area contributed by atoms with Gasteiger partial charge in [-0.1, -0.05) is 6.92 Å². The lowest BCUT2D eigenvalue weighted by atomic mass is 9.90. The smallest absolute Gasteiger partial charge is 0.348 e. The summed E-state index contributed by atoms with van der Waals surface area (Å²) in [5.74, 6) is 0.537. The molecule has 1 unspecified atom stereocenters. The highest BCUT2D eigenvalue weighted by Gasteiger charge is 2.23. The van der Waals surface area contributed by atoms with Crippen molar-refractivity contribution in [3.63, 3.8) is 0 Å². The first kappa shape index (κ1) is 18.2. The van der Waals surface area contributed by atoms with Crippen molar-refractivity contribution in [2.75, 3.05) is 14.1 Å². The van der Waals surface area contributed by atoms with Gasteiger partial charge in [-0.05, 0) is 48.9 Å². The van der Waals surface area contributed by atoms with E-state index in [-0.39, 0.29) is 11.7 Å². The fraction of sp³-hybridized carbons (Fsp3) is 0.471. The normalized spacial score (nSPS) is 17.5. The zero-order chi connectivity index (χ0) is 18.2. The average molecular weight is 383 g/mol. The summed E-state index contributed by atoms with van der Waals surface area (Å²) in [5, 5.41) is -0.163. The predicted octanol–water partition coefficient (Wildman–Crippen LogP) is 3.07. The molecule has 1 atom stereocenters. The molecule has 0 saturated carbocycles. The number of rotatable bonds is 5. The van der Waals surface area contributed by atoms with Gasteiger partial charge in [0.1, 0.15) is 17.2 Å². The van der Waals surface area contributed by atoms with Crippen molar-refractivity contribution in [1.82, 2.24) is 4.31 Å².